The minimum absolute atomic E-state index is 0.203. The SMILES string of the molecule is Cc1cc2ncc(C(C)NCCc3ncn[nH]3)c(C)n2n1. The molecule has 0 aliphatic heterocycles. The lowest BCUT2D eigenvalue weighted by Crippen LogP contribution is -2.23. The van der Waals surface area contributed by atoms with E-state index in [1.165, 1.54) is 6.33 Å². The van der Waals surface area contributed by atoms with Gasteiger partial charge in [-0.05, 0) is 20.8 Å². The monoisotopic (exact) mass is 285 g/mol. The van der Waals surface area contributed by atoms with Crippen LogP contribution in [-0.2, 0) is 6.42 Å². The van der Waals surface area contributed by atoms with Gasteiger partial charge in [-0.1, -0.05) is 0 Å². The van der Waals surface area contributed by atoms with Crippen LogP contribution in [0.25, 0.3) is 5.65 Å². The van der Waals surface area contributed by atoms with E-state index in [0.29, 0.717) is 0 Å². The van der Waals surface area contributed by atoms with Gasteiger partial charge in [0, 0.05) is 42.5 Å². The molecule has 0 radical (unpaired) electrons. The molecule has 0 amide bonds. The number of aromatic nitrogens is 6. The summed E-state index contributed by atoms with van der Waals surface area (Å²) >= 11 is 0. The Bertz CT molecular complexity index is 729. The Morgan fingerprint density at radius 1 is 1.33 bits per heavy atom. The minimum Gasteiger partial charge on any atom is -0.310 e. The highest BCUT2D eigenvalue weighted by Gasteiger charge is 2.12. The van der Waals surface area contributed by atoms with Crippen LogP contribution in [0.4, 0.5) is 0 Å². The van der Waals surface area contributed by atoms with Gasteiger partial charge in [0.25, 0.3) is 0 Å². The lowest BCUT2D eigenvalue weighted by atomic mass is 10.1. The molecule has 2 N–H and O–H groups in total. The van der Waals surface area contributed by atoms with Crippen LogP contribution in [0.5, 0.6) is 0 Å². The maximum atomic E-state index is 4.48. The Kier molecular flexibility index (Phi) is 3.66. The molecular weight excluding hydrogens is 266 g/mol. The van der Waals surface area contributed by atoms with Crippen LogP contribution in [0.2, 0.25) is 0 Å². The van der Waals surface area contributed by atoms with Gasteiger partial charge >= 0.3 is 0 Å². The number of hydrogen-bond acceptors (Lipinski definition) is 5. The third kappa shape index (κ3) is 2.78. The molecule has 3 rings (SSSR count). The molecule has 21 heavy (non-hydrogen) atoms. The molecule has 0 bridgehead atoms. The molecular formula is C14H19N7. The van der Waals surface area contributed by atoms with Gasteiger partial charge in [0.2, 0.25) is 0 Å². The van der Waals surface area contributed by atoms with Gasteiger partial charge in [-0.3, -0.25) is 5.10 Å². The van der Waals surface area contributed by atoms with E-state index < -0.39 is 0 Å². The fourth-order valence-corrected chi connectivity index (χ4v) is 2.47. The molecule has 0 saturated carbocycles. The predicted octanol–water partition coefficient (Wildman–Crippen LogP) is 1.36. The number of aryl methyl sites for hydroxylation is 2. The van der Waals surface area contributed by atoms with Gasteiger partial charge in [0.05, 0.1) is 5.69 Å². The first kappa shape index (κ1) is 13.7. The van der Waals surface area contributed by atoms with Crippen molar-refractivity contribution in [2.75, 3.05) is 6.54 Å². The molecule has 1 unspecified atom stereocenters. The minimum atomic E-state index is 0.203. The summed E-state index contributed by atoms with van der Waals surface area (Å²) in [5.74, 6) is 0.891. The van der Waals surface area contributed by atoms with E-state index in [1.54, 1.807) is 0 Å². The second-order valence-electron chi connectivity index (χ2n) is 5.21. The van der Waals surface area contributed by atoms with Crippen molar-refractivity contribution < 1.29 is 0 Å². The molecule has 7 nitrogen and oxygen atoms in total. The second-order valence-corrected chi connectivity index (χ2v) is 5.21. The van der Waals surface area contributed by atoms with Crippen LogP contribution in [0, 0.1) is 13.8 Å². The van der Waals surface area contributed by atoms with Gasteiger partial charge in [-0.15, -0.1) is 0 Å². The standard InChI is InChI=1S/C14H19N7/c1-9-6-14-16-7-12(11(3)21(14)20-9)10(2)15-5-4-13-17-8-18-19-13/h6-8,10,15H,4-5H2,1-3H3,(H,17,18,19). The lowest BCUT2D eigenvalue weighted by Gasteiger charge is -2.16. The van der Waals surface area contributed by atoms with E-state index in [1.807, 2.05) is 23.7 Å². The van der Waals surface area contributed by atoms with Crippen molar-refractivity contribution in [2.24, 2.45) is 0 Å². The van der Waals surface area contributed by atoms with Crippen LogP contribution in [-0.4, -0.2) is 36.3 Å². The third-order valence-corrected chi connectivity index (χ3v) is 3.63. The van der Waals surface area contributed by atoms with E-state index in [2.05, 4.69) is 44.4 Å². The summed E-state index contributed by atoms with van der Waals surface area (Å²) in [6.07, 6.45) is 4.28. The van der Waals surface area contributed by atoms with Crippen molar-refractivity contribution in [1.29, 1.82) is 0 Å². The lowest BCUT2D eigenvalue weighted by molar-refractivity contribution is 0.562. The van der Waals surface area contributed by atoms with Crippen molar-refractivity contribution in [2.45, 2.75) is 33.2 Å². The maximum absolute atomic E-state index is 4.48. The number of fused-ring (bicyclic) bond motifs is 1. The molecule has 0 aliphatic rings. The van der Waals surface area contributed by atoms with Crippen LogP contribution in [0.1, 0.15) is 35.7 Å². The third-order valence-electron chi connectivity index (χ3n) is 3.63. The largest absolute Gasteiger partial charge is 0.310 e. The number of hydrogen-bond donors (Lipinski definition) is 2. The average molecular weight is 285 g/mol. The molecule has 3 aromatic rings. The smallest absolute Gasteiger partial charge is 0.155 e. The molecule has 0 saturated heterocycles. The van der Waals surface area contributed by atoms with Gasteiger partial charge < -0.3 is 5.32 Å². The highest BCUT2D eigenvalue weighted by molar-refractivity contribution is 5.42. The van der Waals surface area contributed by atoms with E-state index in [-0.39, 0.29) is 6.04 Å². The zero-order chi connectivity index (χ0) is 14.8. The van der Waals surface area contributed by atoms with Crippen LogP contribution >= 0.6 is 0 Å². The predicted molar refractivity (Wildman–Crippen MR) is 79.0 cm³/mol. The first-order valence-corrected chi connectivity index (χ1v) is 7.04. The van der Waals surface area contributed by atoms with Crippen LogP contribution in [0.3, 0.4) is 0 Å². The molecule has 0 fully saturated rings. The molecule has 7 heteroatoms. The fraction of sp³-hybridized carbons (Fsp3) is 0.429. The van der Waals surface area contributed by atoms with E-state index >= 15 is 0 Å². The molecule has 0 aliphatic carbocycles. The van der Waals surface area contributed by atoms with E-state index in [4.69, 9.17) is 0 Å². The summed E-state index contributed by atoms with van der Waals surface area (Å²) in [5, 5.41) is 14.7. The molecule has 0 spiro atoms. The van der Waals surface area contributed by atoms with E-state index in [0.717, 1.165) is 41.4 Å². The average Bonchev–Trinajstić information content (AvgIpc) is 3.08. The molecule has 1 atom stereocenters. The number of nitrogens with one attached hydrogen (secondary N) is 2. The Morgan fingerprint density at radius 3 is 2.95 bits per heavy atom. The summed E-state index contributed by atoms with van der Waals surface area (Å²) in [6, 6.07) is 2.19. The zero-order valence-electron chi connectivity index (χ0n) is 12.5. The molecule has 0 aromatic carbocycles. The first-order chi connectivity index (χ1) is 10.1. The Morgan fingerprint density at radius 2 is 2.19 bits per heavy atom. The van der Waals surface area contributed by atoms with Gasteiger partial charge in [-0.2, -0.15) is 10.2 Å². The van der Waals surface area contributed by atoms with Gasteiger partial charge in [-0.25, -0.2) is 14.5 Å². The van der Waals surface area contributed by atoms with Crippen molar-refractivity contribution in [3.8, 4) is 0 Å². The van der Waals surface area contributed by atoms with Gasteiger partial charge in [0.15, 0.2) is 5.65 Å². The molecule has 3 aromatic heterocycles. The summed E-state index contributed by atoms with van der Waals surface area (Å²) in [5.41, 5.74) is 4.15. The summed E-state index contributed by atoms with van der Waals surface area (Å²) in [6.45, 7) is 7.01. The van der Waals surface area contributed by atoms with Crippen molar-refractivity contribution >= 4 is 5.65 Å². The number of nitrogens with zero attached hydrogens (tertiary/aromatic N) is 5. The summed E-state index contributed by atoms with van der Waals surface area (Å²) < 4.78 is 1.90. The van der Waals surface area contributed by atoms with E-state index in [9.17, 15) is 0 Å². The Hall–Kier alpha value is -2.28. The first-order valence-electron chi connectivity index (χ1n) is 7.04. The number of rotatable bonds is 5. The van der Waals surface area contributed by atoms with Gasteiger partial charge in [0.1, 0.15) is 12.2 Å². The van der Waals surface area contributed by atoms with Crippen LogP contribution in [0.15, 0.2) is 18.6 Å². The number of aromatic amines is 1. The normalized spacial score (nSPS) is 12.9. The van der Waals surface area contributed by atoms with Crippen molar-refractivity contribution in [3.05, 3.63) is 41.4 Å². The highest BCUT2D eigenvalue weighted by atomic mass is 15.3. The quantitative estimate of drug-likeness (QED) is 0.739. The van der Waals surface area contributed by atoms with Crippen molar-refractivity contribution in [1.82, 2.24) is 35.1 Å². The maximum Gasteiger partial charge on any atom is 0.155 e. The second kappa shape index (κ2) is 5.61. The van der Waals surface area contributed by atoms with Crippen LogP contribution < -0.4 is 5.32 Å². The highest BCUT2D eigenvalue weighted by Crippen LogP contribution is 2.17. The summed E-state index contributed by atoms with van der Waals surface area (Å²) in [7, 11) is 0. The fourth-order valence-electron chi connectivity index (χ4n) is 2.47. The molecule has 110 valence electrons. The zero-order valence-corrected chi connectivity index (χ0v) is 12.5. The Labute approximate surface area is 122 Å². The topological polar surface area (TPSA) is 83.8 Å². The number of H-pyrrole nitrogens is 1. The molecule has 3 heterocycles. The Balaban J connectivity index is 1.71. The van der Waals surface area contributed by atoms with Crippen molar-refractivity contribution in [3.63, 3.8) is 0 Å². The summed E-state index contributed by atoms with van der Waals surface area (Å²) in [4.78, 5) is 8.59.